The Hall–Kier alpha value is -0.800. The molecule has 88 valence electrons. The fraction of sp³-hybridized carbons (Fsp3) is 0.583. The van der Waals surface area contributed by atoms with Crippen molar-refractivity contribution in [2.24, 2.45) is 0 Å². The molecule has 2 N–H and O–H groups in total. The van der Waals surface area contributed by atoms with Crippen molar-refractivity contribution in [2.75, 3.05) is 11.9 Å². The quantitative estimate of drug-likeness (QED) is 0.802. The number of halogens is 1. The van der Waals surface area contributed by atoms with Gasteiger partial charge in [-0.05, 0) is 30.9 Å². The Labute approximate surface area is 102 Å². The predicted octanol–water partition coefficient (Wildman–Crippen LogP) is 2.81. The lowest BCUT2D eigenvalue weighted by molar-refractivity contribution is 0.687. The molecular formula is C12H18ClN3. The molecule has 0 unspecified atom stereocenters. The lowest BCUT2D eigenvalue weighted by Crippen LogP contribution is -2.16. The molecule has 1 heterocycles. The number of hydrogen-bond acceptors (Lipinski definition) is 3. The van der Waals surface area contributed by atoms with Crippen LogP contribution in [0, 0.1) is 0 Å². The first-order chi connectivity index (χ1) is 7.79. The summed E-state index contributed by atoms with van der Waals surface area (Å²) in [5, 5.41) is 7.47. The van der Waals surface area contributed by atoms with Crippen LogP contribution in [0.25, 0.3) is 0 Å². The van der Waals surface area contributed by atoms with Crippen molar-refractivity contribution in [1.82, 2.24) is 10.3 Å². The number of anilines is 1. The lowest BCUT2D eigenvalue weighted by atomic mass is 10.2. The van der Waals surface area contributed by atoms with E-state index in [4.69, 9.17) is 11.6 Å². The average molecular weight is 240 g/mol. The van der Waals surface area contributed by atoms with Crippen molar-refractivity contribution in [1.29, 1.82) is 0 Å². The van der Waals surface area contributed by atoms with Crippen LogP contribution in [0.15, 0.2) is 12.3 Å². The minimum atomic E-state index is 0.705. The highest BCUT2D eigenvalue weighted by Crippen LogP contribution is 2.22. The largest absolute Gasteiger partial charge is 0.370 e. The fourth-order valence-corrected chi connectivity index (χ4v) is 1.68. The van der Waals surface area contributed by atoms with Crippen LogP contribution in [-0.4, -0.2) is 17.6 Å². The van der Waals surface area contributed by atoms with E-state index in [0.717, 1.165) is 35.9 Å². The van der Waals surface area contributed by atoms with Gasteiger partial charge < -0.3 is 10.6 Å². The summed E-state index contributed by atoms with van der Waals surface area (Å²) < 4.78 is 0. The second-order valence-corrected chi connectivity index (χ2v) is 4.65. The van der Waals surface area contributed by atoms with Crippen molar-refractivity contribution in [2.45, 2.75) is 38.8 Å². The van der Waals surface area contributed by atoms with Crippen LogP contribution in [0.4, 0.5) is 5.82 Å². The van der Waals surface area contributed by atoms with Gasteiger partial charge in [-0.2, -0.15) is 0 Å². The van der Waals surface area contributed by atoms with E-state index in [1.54, 1.807) is 6.20 Å². The standard InChI is InChI=1S/C12H18ClN3/c1-2-5-14-12-6-9(11(13)8-16-12)7-15-10-3-4-10/h6,8,10,15H,2-5,7H2,1H3,(H,14,16). The van der Waals surface area contributed by atoms with E-state index in [9.17, 15) is 0 Å². The van der Waals surface area contributed by atoms with Gasteiger partial charge in [0.25, 0.3) is 0 Å². The fourth-order valence-electron chi connectivity index (χ4n) is 1.51. The van der Waals surface area contributed by atoms with E-state index < -0.39 is 0 Å². The van der Waals surface area contributed by atoms with Gasteiger partial charge in [0.05, 0.1) is 5.02 Å². The van der Waals surface area contributed by atoms with E-state index in [0.29, 0.717) is 6.04 Å². The molecule has 1 aromatic rings. The van der Waals surface area contributed by atoms with E-state index in [1.807, 2.05) is 6.07 Å². The van der Waals surface area contributed by atoms with Crippen molar-refractivity contribution < 1.29 is 0 Å². The Kier molecular flexibility index (Phi) is 4.02. The summed E-state index contributed by atoms with van der Waals surface area (Å²) in [6, 6.07) is 2.74. The first kappa shape index (κ1) is 11.7. The normalized spacial score (nSPS) is 15.1. The molecule has 2 rings (SSSR count). The van der Waals surface area contributed by atoms with Gasteiger partial charge in [-0.25, -0.2) is 4.98 Å². The van der Waals surface area contributed by atoms with Crippen LogP contribution in [0.5, 0.6) is 0 Å². The molecule has 1 aliphatic carbocycles. The van der Waals surface area contributed by atoms with Crippen molar-refractivity contribution >= 4 is 17.4 Å². The number of nitrogens with zero attached hydrogens (tertiary/aromatic N) is 1. The summed E-state index contributed by atoms with van der Waals surface area (Å²) >= 11 is 6.10. The molecule has 0 amide bonds. The molecule has 1 aliphatic rings. The average Bonchev–Trinajstić information content (AvgIpc) is 3.10. The second kappa shape index (κ2) is 5.51. The molecule has 0 bridgehead atoms. The molecule has 0 radical (unpaired) electrons. The topological polar surface area (TPSA) is 37.0 Å². The van der Waals surface area contributed by atoms with Gasteiger partial charge in [-0.3, -0.25) is 0 Å². The maximum Gasteiger partial charge on any atom is 0.126 e. The molecule has 16 heavy (non-hydrogen) atoms. The third kappa shape index (κ3) is 3.35. The van der Waals surface area contributed by atoms with Crippen LogP contribution in [-0.2, 0) is 6.54 Å². The number of rotatable bonds is 6. The van der Waals surface area contributed by atoms with E-state index >= 15 is 0 Å². The summed E-state index contributed by atoms with van der Waals surface area (Å²) in [4.78, 5) is 4.25. The Bertz CT molecular complexity index is 350. The summed E-state index contributed by atoms with van der Waals surface area (Å²) in [5.74, 6) is 0.916. The minimum absolute atomic E-state index is 0.705. The van der Waals surface area contributed by atoms with Gasteiger partial charge in [0.2, 0.25) is 0 Å². The number of hydrogen-bond donors (Lipinski definition) is 2. The molecule has 0 aromatic carbocycles. The Balaban J connectivity index is 1.96. The number of pyridine rings is 1. The summed E-state index contributed by atoms with van der Waals surface area (Å²) in [7, 11) is 0. The maximum atomic E-state index is 6.10. The molecule has 1 fully saturated rings. The number of aromatic nitrogens is 1. The Morgan fingerprint density at radius 2 is 2.31 bits per heavy atom. The van der Waals surface area contributed by atoms with Crippen molar-refractivity contribution in [3.8, 4) is 0 Å². The molecule has 0 spiro atoms. The van der Waals surface area contributed by atoms with Crippen LogP contribution >= 0.6 is 11.6 Å². The zero-order valence-corrected chi connectivity index (χ0v) is 10.3. The maximum absolute atomic E-state index is 6.10. The molecular weight excluding hydrogens is 222 g/mol. The van der Waals surface area contributed by atoms with Gasteiger partial charge in [0, 0.05) is 25.3 Å². The SMILES string of the molecule is CCCNc1cc(CNC2CC2)c(Cl)cn1. The van der Waals surface area contributed by atoms with Gasteiger partial charge >= 0.3 is 0 Å². The molecule has 0 atom stereocenters. The summed E-state index contributed by atoms with van der Waals surface area (Å²) in [6.45, 7) is 3.93. The molecule has 4 heteroatoms. The lowest BCUT2D eigenvalue weighted by Gasteiger charge is -2.09. The highest BCUT2D eigenvalue weighted by molar-refractivity contribution is 6.31. The van der Waals surface area contributed by atoms with Crippen LogP contribution in [0.3, 0.4) is 0 Å². The molecule has 1 saturated carbocycles. The monoisotopic (exact) mass is 239 g/mol. The Morgan fingerprint density at radius 1 is 1.50 bits per heavy atom. The highest BCUT2D eigenvalue weighted by atomic mass is 35.5. The van der Waals surface area contributed by atoms with Crippen LogP contribution in [0.1, 0.15) is 31.7 Å². The molecule has 3 nitrogen and oxygen atoms in total. The highest BCUT2D eigenvalue weighted by Gasteiger charge is 2.20. The minimum Gasteiger partial charge on any atom is -0.370 e. The van der Waals surface area contributed by atoms with E-state index in [2.05, 4.69) is 22.5 Å². The van der Waals surface area contributed by atoms with Gasteiger partial charge in [-0.15, -0.1) is 0 Å². The zero-order valence-electron chi connectivity index (χ0n) is 9.59. The molecule has 1 aromatic heterocycles. The zero-order chi connectivity index (χ0) is 11.4. The van der Waals surface area contributed by atoms with Crippen LogP contribution < -0.4 is 10.6 Å². The molecule has 0 saturated heterocycles. The van der Waals surface area contributed by atoms with E-state index in [1.165, 1.54) is 12.8 Å². The summed E-state index contributed by atoms with van der Waals surface area (Å²) in [5.41, 5.74) is 1.13. The summed E-state index contributed by atoms with van der Waals surface area (Å²) in [6.07, 6.45) is 5.41. The smallest absolute Gasteiger partial charge is 0.126 e. The van der Waals surface area contributed by atoms with Crippen molar-refractivity contribution in [3.05, 3.63) is 22.8 Å². The first-order valence-corrected chi connectivity index (χ1v) is 6.29. The first-order valence-electron chi connectivity index (χ1n) is 5.91. The molecule has 0 aliphatic heterocycles. The van der Waals surface area contributed by atoms with Gasteiger partial charge in [0.15, 0.2) is 0 Å². The predicted molar refractivity (Wildman–Crippen MR) is 67.9 cm³/mol. The van der Waals surface area contributed by atoms with Crippen LogP contribution in [0.2, 0.25) is 5.02 Å². The van der Waals surface area contributed by atoms with Gasteiger partial charge in [0.1, 0.15) is 5.82 Å². The third-order valence-electron chi connectivity index (χ3n) is 2.65. The van der Waals surface area contributed by atoms with E-state index in [-0.39, 0.29) is 0 Å². The Morgan fingerprint density at radius 3 is 3.00 bits per heavy atom. The van der Waals surface area contributed by atoms with Crippen molar-refractivity contribution in [3.63, 3.8) is 0 Å². The number of nitrogens with one attached hydrogen (secondary N) is 2. The third-order valence-corrected chi connectivity index (χ3v) is 2.99. The second-order valence-electron chi connectivity index (χ2n) is 4.24. The van der Waals surface area contributed by atoms with Gasteiger partial charge in [-0.1, -0.05) is 18.5 Å².